The van der Waals surface area contributed by atoms with Crippen LogP contribution in [-0.2, 0) is 4.79 Å². The highest BCUT2D eigenvalue weighted by Crippen LogP contribution is 2.25. The Morgan fingerprint density at radius 1 is 1.04 bits per heavy atom. The number of rotatable bonds is 3. The topological polar surface area (TPSA) is 64.0 Å². The number of nitrogens with zero attached hydrogens (tertiary/aromatic N) is 2. The summed E-state index contributed by atoms with van der Waals surface area (Å²) in [6, 6.07) is 14.7. The van der Waals surface area contributed by atoms with Crippen LogP contribution in [0.4, 0.5) is 5.69 Å². The van der Waals surface area contributed by atoms with Crippen LogP contribution < -0.4 is 10.9 Å². The van der Waals surface area contributed by atoms with Crippen molar-refractivity contribution >= 4 is 22.5 Å². The van der Waals surface area contributed by atoms with E-state index in [9.17, 15) is 9.59 Å². The highest BCUT2D eigenvalue weighted by Gasteiger charge is 2.21. The van der Waals surface area contributed by atoms with Gasteiger partial charge in [-0.15, -0.1) is 0 Å². The summed E-state index contributed by atoms with van der Waals surface area (Å²) in [5.74, 6) is 0.855. The number of hydrogen-bond acceptors (Lipinski definition) is 3. The Labute approximate surface area is 158 Å². The molecule has 0 radical (unpaired) electrons. The van der Waals surface area contributed by atoms with Crippen molar-refractivity contribution in [1.82, 2.24) is 9.55 Å². The number of hydrogen-bond donors (Lipinski definition) is 1. The van der Waals surface area contributed by atoms with Gasteiger partial charge in [0.2, 0.25) is 5.91 Å². The van der Waals surface area contributed by atoms with Gasteiger partial charge in [0, 0.05) is 11.6 Å². The molecule has 27 heavy (non-hydrogen) atoms. The first-order valence-electron chi connectivity index (χ1n) is 9.53. The predicted molar refractivity (Wildman–Crippen MR) is 107 cm³/mol. The molecule has 1 aliphatic carbocycles. The molecule has 0 spiro atoms. The second kappa shape index (κ2) is 7.35. The number of nitrogens with one attached hydrogen (secondary N) is 1. The Morgan fingerprint density at radius 3 is 2.48 bits per heavy atom. The average molecular weight is 361 g/mol. The number of anilines is 1. The molecular formula is C22H23N3O2. The smallest absolute Gasteiger partial charge is 0.265 e. The molecule has 3 aromatic rings. The third kappa shape index (κ3) is 3.50. The quantitative estimate of drug-likeness (QED) is 0.760. The minimum atomic E-state index is -0.0860. The van der Waals surface area contributed by atoms with E-state index in [1.807, 2.05) is 49.4 Å². The Balaban J connectivity index is 1.60. The summed E-state index contributed by atoms with van der Waals surface area (Å²) >= 11 is 0. The Kier molecular flexibility index (Phi) is 4.75. The van der Waals surface area contributed by atoms with E-state index in [2.05, 4.69) is 10.3 Å². The summed E-state index contributed by atoms with van der Waals surface area (Å²) in [5.41, 5.74) is 2.12. The Hall–Kier alpha value is -2.95. The molecule has 1 amide bonds. The SMILES string of the molecule is Cc1nc2ccccc2c(=O)n1-c1ccc(NC(=O)C2CCCCC2)cc1. The standard InChI is InChI=1S/C22H23N3O2/c1-15-23-20-10-6-5-9-19(20)22(27)25(15)18-13-11-17(12-14-18)24-21(26)16-7-3-2-4-8-16/h5-6,9-14,16H,2-4,7-8H2,1H3,(H,24,26). The Morgan fingerprint density at radius 2 is 1.74 bits per heavy atom. The van der Waals surface area contributed by atoms with Crippen molar-refractivity contribution in [3.8, 4) is 5.69 Å². The molecule has 1 saturated carbocycles. The van der Waals surface area contributed by atoms with E-state index in [1.165, 1.54) is 6.42 Å². The number of amides is 1. The first-order chi connectivity index (χ1) is 13.1. The highest BCUT2D eigenvalue weighted by atomic mass is 16.2. The molecular weight excluding hydrogens is 338 g/mol. The molecule has 0 saturated heterocycles. The van der Waals surface area contributed by atoms with Gasteiger partial charge < -0.3 is 5.32 Å². The molecule has 1 aliphatic rings. The number of benzene rings is 2. The number of aromatic nitrogens is 2. The van der Waals surface area contributed by atoms with Gasteiger partial charge in [-0.3, -0.25) is 14.2 Å². The van der Waals surface area contributed by atoms with Crippen LogP contribution in [0.3, 0.4) is 0 Å². The average Bonchev–Trinajstić information content (AvgIpc) is 2.70. The predicted octanol–water partition coefficient (Wildman–Crippen LogP) is 4.21. The lowest BCUT2D eigenvalue weighted by Crippen LogP contribution is -2.25. The maximum atomic E-state index is 12.9. The molecule has 5 heteroatoms. The first kappa shape index (κ1) is 17.5. The normalized spacial score (nSPS) is 15.0. The number of fused-ring (bicyclic) bond motifs is 1. The lowest BCUT2D eigenvalue weighted by atomic mass is 9.88. The van der Waals surface area contributed by atoms with Gasteiger partial charge in [0.05, 0.1) is 16.6 Å². The summed E-state index contributed by atoms with van der Waals surface area (Å²) in [7, 11) is 0. The van der Waals surface area contributed by atoms with Gasteiger partial charge in [0.1, 0.15) is 5.82 Å². The second-order valence-corrected chi connectivity index (χ2v) is 7.19. The monoisotopic (exact) mass is 361 g/mol. The van der Waals surface area contributed by atoms with Gasteiger partial charge in [-0.1, -0.05) is 31.4 Å². The molecule has 0 bridgehead atoms. The third-order valence-corrected chi connectivity index (χ3v) is 5.31. The van der Waals surface area contributed by atoms with Gasteiger partial charge >= 0.3 is 0 Å². The van der Waals surface area contributed by atoms with E-state index < -0.39 is 0 Å². The van der Waals surface area contributed by atoms with Gasteiger partial charge in [0.25, 0.3) is 5.56 Å². The maximum absolute atomic E-state index is 12.9. The van der Waals surface area contributed by atoms with Crippen molar-refractivity contribution < 1.29 is 4.79 Å². The van der Waals surface area contributed by atoms with E-state index in [-0.39, 0.29) is 17.4 Å². The summed E-state index contributed by atoms with van der Waals surface area (Å²) in [5, 5.41) is 3.60. The van der Waals surface area contributed by atoms with Crippen LogP contribution in [0.15, 0.2) is 53.3 Å². The van der Waals surface area contributed by atoms with Crippen LogP contribution in [0, 0.1) is 12.8 Å². The van der Waals surface area contributed by atoms with Gasteiger partial charge in [-0.2, -0.15) is 0 Å². The molecule has 0 aliphatic heterocycles. The molecule has 4 rings (SSSR count). The summed E-state index contributed by atoms with van der Waals surface area (Å²) < 4.78 is 1.61. The van der Waals surface area contributed by atoms with Gasteiger partial charge in [-0.05, 0) is 56.2 Å². The van der Waals surface area contributed by atoms with Crippen molar-refractivity contribution in [3.63, 3.8) is 0 Å². The fourth-order valence-corrected chi connectivity index (χ4v) is 3.85. The van der Waals surface area contributed by atoms with Crippen LogP contribution in [0.5, 0.6) is 0 Å². The molecule has 5 nitrogen and oxygen atoms in total. The van der Waals surface area contributed by atoms with Crippen LogP contribution in [0.2, 0.25) is 0 Å². The fourth-order valence-electron chi connectivity index (χ4n) is 3.85. The number of carbonyl (C=O) groups is 1. The molecule has 138 valence electrons. The van der Waals surface area contributed by atoms with Crippen LogP contribution in [0.1, 0.15) is 37.9 Å². The van der Waals surface area contributed by atoms with E-state index in [4.69, 9.17) is 0 Å². The summed E-state index contributed by atoms with van der Waals surface area (Å²) in [4.78, 5) is 29.8. The van der Waals surface area contributed by atoms with E-state index in [0.29, 0.717) is 16.7 Å². The lowest BCUT2D eigenvalue weighted by molar-refractivity contribution is -0.120. The zero-order valence-electron chi connectivity index (χ0n) is 15.4. The number of para-hydroxylation sites is 1. The van der Waals surface area contributed by atoms with Crippen molar-refractivity contribution in [2.75, 3.05) is 5.32 Å². The number of aryl methyl sites for hydroxylation is 1. The highest BCUT2D eigenvalue weighted by molar-refractivity contribution is 5.92. The molecule has 1 heterocycles. The summed E-state index contributed by atoms with van der Waals surface area (Å²) in [6.45, 7) is 1.83. The third-order valence-electron chi connectivity index (χ3n) is 5.31. The van der Waals surface area contributed by atoms with Crippen LogP contribution in [-0.4, -0.2) is 15.5 Å². The largest absolute Gasteiger partial charge is 0.326 e. The van der Waals surface area contributed by atoms with Crippen molar-refractivity contribution in [2.24, 2.45) is 5.92 Å². The van der Waals surface area contributed by atoms with Crippen molar-refractivity contribution in [1.29, 1.82) is 0 Å². The van der Waals surface area contributed by atoms with Crippen molar-refractivity contribution in [2.45, 2.75) is 39.0 Å². The van der Waals surface area contributed by atoms with Crippen molar-refractivity contribution in [3.05, 3.63) is 64.7 Å². The van der Waals surface area contributed by atoms with E-state index in [1.54, 1.807) is 10.6 Å². The van der Waals surface area contributed by atoms with Gasteiger partial charge in [-0.25, -0.2) is 4.98 Å². The van der Waals surface area contributed by atoms with E-state index >= 15 is 0 Å². The maximum Gasteiger partial charge on any atom is 0.265 e. The molecule has 0 unspecified atom stereocenters. The van der Waals surface area contributed by atoms with Gasteiger partial charge in [0.15, 0.2) is 0 Å². The Bertz CT molecular complexity index is 1030. The minimum absolute atomic E-state index is 0.0860. The zero-order chi connectivity index (χ0) is 18.8. The van der Waals surface area contributed by atoms with E-state index in [0.717, 1.165) is 37.1 Å². The summed E-state index contributed by atoms with van der Waals surface area (Å²) in [6.07, 6.45) is 5.44. The molecule has 1 fully saturated rings. The van der Waals surface area contributed by atoms with Crippen LogP contribution in [0.25, 0.3) is 16.6 Å². The first-order valence-corrected chi connectivity index (χ1v) is 9.53. The molecule has 1 N–H and O–H groups in total. The molecule has 2 aromatic carbocycles. The minimum Gasteiger partial charge on any atom is -0.326 e. The fraction of sp³-hybridized carbons (Fsp3) is 0.318. The zero-order valence-corrected chi connectivity index (χ0v) is 15.4. The lowest BCUT2D eigenvalue weighted by Gasteiger charge is -2.20. The second-order valence-electron chi connectivity index (χ2n) is 7.19. The molecule has 1 aromatic heterocycles. The number of carbonyl (C=O) groups excluding carboxylic acids is 1. The van der Waals surface area contributed by atoms with Crippen LogP contribution >= 0.6 is 0 Å². The molecule has 0 atom stereocenters.